The molecule has 33 heavy (non-hydrogen) atoms. The molecule has 2 heterocycles. The molecule has 2 aromatic carbocycles. The van der Waals surface area contributed by atoms with Crippen LogP contribution < -0.4 is 16.4 Å². The first-order valence-corrected chi connectivity index (χ1v) is 10.5. The Morgan fingerprint density at radius 1 is 1.21 bits per heavy atom. The molecule has 0 aliphatic carbocycles. The summed E-state index contributed by atoms with van der Waals surface area (Å²) in [7, 11) is 0. The second-order valence-corrected chi connectivity index (χ2v) is 7.73. The third-order valence-electron chi connectivity index (χ3n) is 4.92. The molecule has 4 aromatic rings. The summed E-state index contributed by atoms with van der Waals surface area (Å²) in [5.74, 6) is 0.0532. The highest BCUT2D eigenvalue weighted by Crippen LogP contribution is 2.25. The lowest BCUT2D eigenvalue weighted by Gasteiger charge is -2.10. The van der Waals surface area contributed by atoms with Gasteiger partial charge in [0.1, 0.15) is 5.82 Å². The third kappa shape index (κ3) is 5.27. The van der Waals surface area contributed by atoms with Crippen molar-refractivity contribution in [1.29, 1.82) is 0 Å². The van der Waals surface area contributed by atoms with Crippen LogP contribution in [0.25, 0.3) is 5.82 Å². The molecule has 4 rings (SSSR count). The molecular formula is C23H21ClFN7O. The fourth-order valence-electron chi connectivity index (χ4n) is 3.17. The van der Waals surface area contributed by atoms with Crippen molar-refractivity contribution in [2.24, 2.45) is 0 Å². The summed E-state index contributed by atoms with van der Waals surface area (Å²) >= 11 is 6.07. The van der Waals surface area contributed by atoms with Crippen molar-refractivity contribution in [2.75, 3.05) is 17.6 Å². The summed E-state index contributed by atoms with van der Waals surface area (Å²) < 4.78 is 14.8. The maximum atomic E-state index is 13.3. The zero-order chi connectivity index (χ0) is 23.4. The van der Waals surface area contributed by atoms with Gasteiger partial charge in [0.05, 0.1) is 22.5 Å². The number of hydrogen-bond acceptors (Lipinski definition) is 6. The lowest BCUT2D eigenvalue weighted by Crippen LogP contribution is -2.25. The molecule has 0 fully saturated rings. The van der Waals surface area contributed by atoms with E-state index in [0.29, 0.717) is 35.7 Å². The molecular weight excluding hydrogens is 445 g/mol. The Morgan fingerprint density at radius 2 is 2.03 bits per heavy atom. The van der Waals surface area contributed by atoms with Gasteiger partial charge in [-0.05, 0) is 43.2 Å². The number of halogens is 2. The predicted molar refractivity (Wildman–Crippen MR) is 125 cm³/mol. The molecule has 8 nitrogen and oxygen atoms in total. The normalized spacial score (nSPS) is 10.8. The van der Waals surface area contributed by atoms with E-state index < -0.39 is 5.82 Å². The average Bonchev–Trinajstić information content (AvgIpc) is 3.28. The highest BCUT2D eigenvalue weighted by Gasteiger charge is 2.13. The Hall–Kier alpha value is -3.98. The minimum absolute atomic E-state index is 0.205. The SMILES string of the molecule is Cc1cnc(Nc2ccc(F)cc2Cl)nc1-n1cc(C(=O)NCCc2ccccc2N)cn1. The highest BCUT2D eigenvalue weighted by atomic mass is 35.5. The van der Waals surface area contributed by atoms with Crippen molar-refractivity contribution in [3.8, 4) is 5.82 Å². The van der Waals surface area contributed by atoms with Gasteiger partial charge >= 0.3 is 0 Å². The van der Waals surface area contributed by atoms with Crippen molar-refractivity contribution >= 4 is 34.8 Å². The van der Waals surface area contributed by atoms with Gasteiger partial charge in [-0.25, -0.2) is 14.1 Å². The van der Waals surface area contributed by atoms with Crippen LogP contribution in [0.3, 0.4) is 0 Å². The molecule has 0 saturated heterocycles. The minimum Gasteiger partial charge on any atom is -0.399 e. The number of carbonyl (C=O) groups excluding carboxylic acids is 1. The molecule has 1 amide bonds. The largest absolute Gasteiger partial charge is 0.399 e. The lowest BCUT2D eigenvalue weighted by atomic mass is 10.1. The Labute approximate surface area is 194 Å². The van der Waals surface area contributed by atoms with E-state index in [9.17, 15) is 9.18 Å². The van der Waals surface area contributed by atoms with Crippen LogP contribution in [-0.4, -0.2) is 32.2 Å². The predicted octanol–water partition coefficient (Wildman–Crippen LogP) is 4.06. The fraction of sp³-hybridized carbons (Fsp3) is 0.130. The molecule has 0 aliphatic rings. The van der Waals surface area contributed by atoms with Gasteiger partial charge in [-0.2, -0.15) is 10.1 Å². The van der Waals surface area contributed by atoms with Gasteiger partial charge in [0.25, 0.3) is 5.91 Å². The number of nitrogens with one attached hydrogen (secondary N) is 2. The minimum atomic E-state index is -0.439. The maximum absolute atomic E-state index is 13.3. The van der Waals surface area contributed by atoms with Crippen LogP contribution in [0.5, 0.6) is 0 Å². The zero-order valence-corrected chi connectivity index (χ0v) is 18.5. The quantitative estimate of drug-likeness (QED) is 0.355. The van der Waals surface area contributed by atoms with Crippen LogP contribution >= 0.6 is 11.6 Å². The molecule has 0 aliphatic heterocycles. The number of para-hydroxylation sites is 1. The van der Waals surface area contributed by atoms with Gasteiger partial charge in [0.2, 0.25) is 5.95 Å². The van der Waals surface area contributed by atoms with Gasteiger partial charge in [0.15, 0.2) is 5.82 Å². The molecule has 0 atom stereocenters. The molecule has 4 N–H and O–H groups in total. The van der Waals surface area contributed by atoms with E-state index in [1.807, 2.05) is 31.2 Å². The van der Waals surface area contributed by atoms with Gasteiger partial charge in [0, 0.05) is 30.2 Å². The number of aromatic nitrogens is 4. The van der Waals surface area contributed by atoms with Crippen LogP contribution in [0.15, 0.2) is 61.1 Å². The summed E-state index contributed by atoms with van der Waals surface area (Å²) in [5, 5.41) is 10.3. The number of anilines is 3. The zero-order valence-electron chi connectivity index (χ0n) is 17.7. The van der Waals surface area contributed by atoms with Crippen molar-refractivity contribution in [1.82, 2.24) is 25.1 Å². The molecule has 0 spiro atoms. The van der Waals surface area contributed by atoms with Crippen molar-refractivity contribution in [3.05, 3.63) is 88.6 Å². The number of nitrogens with two attached hydrogens (primary N) is 1. The number of nitrogens with zero attached hydrogens (tertiary/aromatic N) is 4. The van der Waals surface area contributed by atoms with Gasteiger partial charge < -0.3 is 16.4 Å². The second-order valence-electron chi connectivity index (χ2n) is 7.33. The molecule has 0 saturated carbocycles. The molecule has 168 valence electrons. The maximum Gasteiger partial charge on any atom is 0.254 e. The molecule has 10 heteroatoms. The molecule has 2 aromatic heterocycles. The average molecular weight is 466 g/mol. The molecule has 0 unspecified atom stereocenters. The molecule has 0 bridgehead atoms. The van der Waals surface area contributed by atoms with Crippen LogP contribution in [0.4, 0.5) is 21.7 Å². The first-order valence-electron chi connectivity index (χ1n) is 10.1. The Balaban J connectivity index is 1.45. The molecule has 0 radical (unpaired) electrons. The van der Waals surface area contributed by atoms with E-state index >= 15 is 0 Å². The number of amides is 1. The van der Waals surface area contributed by atoms with E-state index in [0.717, 1.165) is 11.1 Å². The highest BCUT2D eigenvalue weighted by molar-refractivity contribution is 6.33. The summed E-state index contributed by atoms with van der Waals surface area (Å²) in [5.41, 5.74) is 9.23. The number of rotatable bonds is 7. The van der Waals surface area contributed by atoms with Crippen molar-refractivity contribution < 1.29 is 9.18 Å². The van der Waals surface area contributed by atoms with Crippen LogP contribution in [0.2, 0.25) is 5.02 Å². The Morgan fingerprint density at radius 3 is 2.82 bits per heavy atom. The van der Waals surface area contributed by atoms with E-state index in [1.165, 1.54) is 29.1 Å². The van der Waals surface area contributed by atoms with E-state index in [-0.39, 0.29) is 16.9 Å². The van der Waals surface area contributed by atoms with Crippen LogP contribution in [0.1, 0.15) is 21.5 Å². The third-order valence-corrected chi connectivity index (χ3v) is 5.23. The fourth-order valence-corrected chi connectivity index (χ4v) is 3.38. The van der Waals surface area contributed by atoms with Crippen molar-refractivity contribution in [2.45, 2.75) is 13.3 Å². The van der Waals surface area contributed by atoms with Crippen molar-refractivity contribution in [3.63, 3.8) is 0 Å². The summed E-state index contributed by atoms with van der Waals surface area (Å²) in [6.45, 7) is 2.27. The summed E-state index contributed by atoms with van der Waals surface area (Å²) in [6, 6.07) is 11.5. The van der Waals surface area contributed by atoms with E-state index in [2.05, 4.69) is 25.7 Å². The Bertz CT molecular complexity index is 1310. The van der Waals surface area contributed by atoms with E-state index in [4.69, 9.17) is 17.3 Å². The topological polar surface area (TPSA) is 111 Å². The smallest absolute Gasteiger partial charge is 0.254 e. The van der Waals surface area contributed by atoms with Gasteiger partial charge in [-0.15, -0.1) is 0 Å². The number of nitrogen functional groups attached to an aromatic ring is 1. The van der Waals surface area contributed by atoms with Gasteiger partial charge in [-0.1, -0.05) is 29.8 Å². The van der Waals surface area contributed by atoms with Crippen LogP contribution in [-0.2, 0) is 6.42 Å². The van der Waals surface area contributed by atoms with Gasteiger partial charge in [-0.3, -0.25) is 4.79 Å². The summed E-state index contributed by atoms with van der Waals surface area (Å²) in [4.78, 5) is 21.2. The second kappa shape index (κ2) is 9.66. The summed E-state index contributed by atoms with van der Waals surface area (Å²) in [6.07, 6.45) is 5.31. The van der Waals surface area contributed by atoms with Crippen LogP contribution in [0, 0.1) is 12.7 Å². The van der Waals surface area contributed by atoms with E-state index in [1.54, 1.807) is 12.4 Å². The number of aryl methyl sites for hydroxylation is 1. The first-order chi connectivity index (χ1) is 15.9. The number of benzene rings is 2. The number of hydrogen-bond donors (Lipinski definition) is 3. The monoisotopic (exact) mass is 465 g/mol. The number of carbonyl (C=O) groups is 1. The first kappa shape index (κ1) is 22.2. The standard InChI is InChI=1S/C23H21ClFN7O/c1-14-11-28-23(30-20-7-6-17(25)10-18(20)24)31-21(14)32-13-16(12-29-32)22(33)27-9-8-15-4-2-3-5-19(15)26/h2-7,10-13H,8-9,26H2,1H3,(H,27,33)(H,28,30,31). The Kier molecular flexibility index (Phi) is 6.50. The lowest BCUT2D eigenvalue weighted by molar-refractivity contribution is 0.0954.